The highest BCUT2D eigenvalue weighted by Crippen LogP contribution is 2.12. The highest BCUT2D eigenvalue weighted by Gasteiger charge is 1.96. The van der Waals surface area contributed by atoms with Crippen LogP contribution in [0.2, 0.25) is 0 Å². The lowest BCUT2D eigenvalue weighted by Crippen LogP contribution is -1.93. The molecular weight excluding hydrogens is 156 g/mol. The van der Waals surface area contributed by atoms with E-state index in [2.05, 4.69) is 15.5 Å². The Morgan fingerprint density at radius 1 is 1.17 bits per heavy atom. The quantitative estimate of drug-likeness (QED) is 0.621. The Morgan fingerprint density at radius 2 is 1.92 bits per heavy atom. The van der Waals surface area contributed by atoms with Crippen LogP contribution < -0.4 is 0 Å². The van der Waals surface area contributed by atoms with Crippen molar-refractivity contribution >= 4 is 0 Å². The number of tetrazole rings is 1. The molecule has 0 bridgehead atoms. The van der Waals surface area contributed by atoms with E-state index in [-0.39, 0.29) is 5.75 Å². The summed E-state index contributed by atoms with van der Waals surface area (Å²) < 4.78 is 1.49. The van der Waals surface area contributed by atoms with Crippen molar-refractivity contribution in [2.45, 2.75) is 0 Å². The first-order valence-electron chi connectivity index (χ1n) is 3.37. The Labute approximate surface area is 68.3 Å². The van der Waals surface area contributed by atoms with Gasteiger partial charge in [0.2, 0.25) is 0 Å². The van der Waals surface area contributed by atoms with Gasteiger partial charge in [-0.1, -0.05) is 0 Å². The van der Waals surface area contributed by atoms with Crippen LogP contribution in [0.1, 0.15) is 0 Å². The summed E-state index contributed by atoms with van der Waals surface area (Å²) in [6.45, 7) is 0. The zero-order valence-corrected chi connectivity index (χ0v) is 6.08. The first-order chi connectivity index (χ1) is 5.86. The third-order valence-corrected chi connectivity index (χ3v) is 1.45. The van der Waals surface area contributed by atoms with Gasteiger partial charge < -0.3 is 0 Å². The molecule has 1 aromatic carbocycles. The number of hydrogen-bond acceptors (Lipinski definition) is 3. The van der Waals surface area contributed by atoms with Crippen LogP contribution in [0, 0.1) is 0 Å². The molecule has 0 aliphatic heterocycles. The lowest BCUT2D eigenvalue weighted by molar-refractivity contribution is 0.355. The van der Waals surface area contributed by atoms with Crippen molar-refractivity contribution in [3.05, 3.63) is 30.6 Å². The van der Waals surface area contributed by atoms with Crippen molar-refractivity contribution in [2.75, 3.05) is 0 Å². The molecule has 0 N–H and O–H groups in total. The molecule has 5 heteroatoms. The monoisotopic (exact) mass is 161 g/mol. The molecule has 5 nitrogen and oxygen atoms in total. The van der Waals surface area contributed by atoms with E-state index in [1.165, 1.54) is 23.1 Å². The molecule has 0 saturated carbocycles. The predicted molar refractivity (Wildman–Crippen MR) is 39.3 cm³/mol. The summed E-state index contributed by atoms with van der Waals surface area (Å²) in [5.74, 6) is -0.0215. The van der Waals surface area contributed by atoms with Gasteiger partial charge in [0.05, 0.1) is 5.69 Å². The highest BCUT2D eigenvalue weighted by atomic mass is 16.3. The smallest absolute Gasteiger partial charge is 0.178 e. The van der Waals surface area contributed by atoms with Crippen molar-refractivity contribution in [3.8, 4) is 11.4 Å². The molecule has 0 aliphatic rings. The molecule has 12 heavy (non-hydrogen) atoms. The Balaban J connectivity index is 2.43. The largest absolute Gasteiger partial charge is 0.290 e. The van der Waals surface area contributed by atoms with Crippen LogP contribution in [-0.2, 0) is 5.11 Å². The second kappa shape index (κ2) is 2.61. The summed E-state index contributed by atoms with van der Waals surface area (Å²) in [5, 5.41) is 21.4. The summed E-state index contributed by atoms with van der Waals surface area (Å²) in [6, 6.07) is 6.27. The highest BCUT2D eigenvalue weighted by molar-refractivity contribution is 5.35. The van der Waals surface area contributed by atoms with Crippen molar-refractivity contribution in [2.24, 2.45) is 0 Å². The Morgan fingerprint density at radius 3 is 2.50 bits per heavy atom. The van der Waals surface area contributed by atoms with Gasteiger partial charge in [0.15, 0.2) is 5.75 Å². The van der Waals surface area contributed by atoms with Crippen LogP contribution in [0.4, 0.5) is 0 Å². The zero-order chi connectivity index (χ0) is 8.39. The molecule has 1 aromatic heterocycles. The summed E-state index contributed by atoms with van der Waals surface area (Å²) in [7, 11) is 0. The fourth-order valence-electron chi connectivity index (χ4n) is 0.878. The predicted octanol–water partition coefficient (Wildman–Crippen LogP) is 0.806. The maximum Gasteiger partial charge on any atom is 0.178 e. The second-order valence-corrected chi connectivity index (χ2v) is 2.25. The molecule has 59 valence electrons. The standard InChI is InChI=1S/C7H5N4O/c12-7-3-1-6(2-4-7)11-5-8-9-10-11/h1-5H. The summed E-state index contributed by atoms with van der Waals surface area (Å²) in [4.78, 5) is 0. The molecule has 0 saturated heterocycles. The van der Waals surface area contributed by atoms with E-state index < -0.39 is 0 Å². The minimum Gasteiger partial charge on any atom is -0.290 e. The van der Waals surface area contributed by atoms with Crippen LogP contribution in [0.5, 0.6) is 5.75 Å². The van der Waals surface area contributed by atoms with Crippen molar-refractivity contribution in [1.82, 2.24) is 20.2 Å². The molecule has 0 aliphatic carbocycles. The van der Waals surface area contributed by atoms with E-state index in [0.29, 0.717) is 0 Å². The van der Waals surface area contributed by atoms with E-state index in [1.807, 2.05) is 0 Å². The minimum atomic E-state index is -0.0215. The summed E-state index contributed by atoms with van der Waals surface area (Å²) in [5.41, 5.74) is 0.777. The van der Waals surface area contributed by atoms with Crippen LogP contribution in [0.25, 0.3) is 5.69 Å². The maximum absolute atomic E-state index is 10.7. The van der Waals surface area contributed by atoms with Gasteiger partial charge in [0.1, 0.15) is 6.33 Å². The zero-order valence-electron chi connectivity index (χ0n) is 6.08. The van der Waals surface area contributed by atoms with Gasteiger partial charge in [0, 0.05) is 0 Å². The van der Waals surface area contributed by atoms with Crippen molar-refractivity contribution < 1.29 is 5.11 Å². The molecule has 0 spiro atoms. The van der Waals surface area contributed by atoms with Gasteiger partial charge in [-0.25, -0.2) is 4.68 Å². The number of benzene rings is 1. The first kappa shape index (κ1) is 6.78. The summed E-state index contributed by atoms with van der Waals surface area (Å²) >= 11 is 0. The van der Waals surface area contributed by atoms with Gasteiger partial charge >= 0.3 is 0 Å². The molecular formula is C7H5N4O. The number of nitrogens with zero attached hydrogens (tertiary/aromatic N) is 4. The number of aromatic nitrogens is 4. The third-order valence-electron chi connectivity index (χ3n) is 1.45. The minimum absolute atomic E-state index is 0.0215. The number of hydrogen-bond donors (Lipinski definition) is 0. The van der Waals surface area contributed by atoms with Gasteiger partial charge in [-0.05, 0) is 34.7 Å². The molecule has 2 rings (SSSR count). The van der Waals surface area contributed by atoms with E-state index >= 15 is 0 Å². The average molecular weight is 161 g/mol. The van der Waals surface area contributed by atoms with Gasteiger partial charge in [-0.2, -0.15) is 0 Å². The molecule has 0 atom stereocenters. The van der Waals surface area contributed by atoms with Gasteiger partial charge in [-0.3, -0.25) is 5.11 Å². The molecule has 0 fully saturated rings. The molecule has 1 heterocycles. The van der Waals surface area contributed by atoms with E-state index in [4.69, 9.17) is 0 Å². The van der Waals surface area contributed by atoms with Crippen LogP contribution in [0.3, 0.4) is 0 Å². The first-order valence-corrected chi connectivity index (χ1v) is 3.37. The van der Waals surface area contributed by atoms with Crippen molar-refractivity contribution in [1.29, 1.82) is 0 Å². The Bertz CT molecular complexity index is 353. The molecule has 0 unspecified atom stereocenters. The van der Waals surface area contributed by atoms with Gasteiger partial charge in [-0.15, -0.1) is 5.10 Å². The van der Waals surface area contributed by atoms with E-state index in [9.17, 15) is 5.11 Å². The van der Waals surface area contributed by atoms with Gasteiger partial charge in [0.25, 0.3) is 0 Å². The average Bonchev–Trinajstić information content (AvgIpc) is 2.58. The third kappa shape index (κ3) is 1.12. The fourth-order valence-corrected chi connectivity index (χ4v) is 0.878. The summed E-state index contributed by atoms with van der Waals surface area (Å²) in [6.07, 6.45) is 1.47. The van der Waals surface area contributed by atoms with Crippen LogP contribution in [0.15, 0.2) is 30.6 Å². The topological polar surface area (TPSA) is 63.5 Å². The van der Waals surface area contributed by atoms with Crippen molar-refractivity contribution in [3.63, 3.8) is 0 Å². The molecule has 2 aromatic rings. The van der Waals surface area contributed by atoms with Crippen LogP contribution in [-0.4, -0.2) is 20.2 Å². The fraction of sp³-hybridized carbons (Fsp3) is 0. The lowest BCUT2D eigenvalue weighted by Gasteiger charge is -1.96. The normalized spacial score (nSPS) is 10.0. The molecule has 0 amide bonds. The SMILES string of the molecule is [O]c1ccc(-n2cnnn2)cc1. The second-order valence-electron chi connectivity index (χ2n) is 2.25. The molecule has 1 radical (unpaired) electrons. The maximum atomic E-state index is 10.7. The lowest BCUT2D eigenvalue weighted by atomic mass is 10.3. The Kier molecular flexibility index (Phi) is 1.48. The van der Waals surface area contributed by atoms with E-state index in [0.717, 1.165) is 5.69 Å². The van der Waals surface area contributed by atoms with Crippen LogP contribution >= 0.6 is 0 Å². The number of rotatable bonds is 1. The van der Waals surface area contributed by atoms with E-state index in [1.54, 1.807) is 12.1 Å². The Hall–Kier alpha value is -1.91.